The Morgan fingerprint density at radius 2 is 1.52 bits per heavy atom. The number of para-hydroxylation sites is 1. The summed E-state index contributed by atoms with van der Waals surface area (Å²) < 4.78 is 5.57. The number of hydrogen-bond acceptors (Lipinski definition) is 4. The minimum Gasteiger partial charge on any atom is -0.447 e. The first-order valence-electron chi connectivity index (χ1n) is 13.0. The summed E-state index contributed by atoms with van der Waals surface area (Å²) in [5, 5.41) is 0. The van der Waals surface area contributed by atoms with Crippen LogP contribution in [0.3, 0.4) is 0 Å². The van der Waals surface area contributed by atoms with E-state index in [-0.39, 0.29) is 23.5 Å². The lowest BCUT2D eigenvalue weighted by atomic mass is 9.74. The maximum Gasteiger partial charge on any atom is 0.410 e. The molecule has 2 bridgehead atoms. The number of fused-ring (bicyclic) bond motifs is 4. The fraction of sp³-hybridized carbons (Fsp3) is 0.704. The SMILES string of the molecule is CC(=O)N1CC2(CCN(C3CCC4CCC(CC3)N4C(=O)OC(C)C)CC2)c2ccccc21. The fourth-order valence-electron chi connectivity index (χ4n) is 7.02. The molecule has 4 aliphatic heterocycles. The van der Waals surface area contributed by atoms with Crippen molar-refractivity contribution >= 4 is 17.7 Å². The molecule has 33 heavy (non-hydrogen) atoms. The van der Waals surface area contributed by atoms with E-state index in [1.54, 1.807) is 6.92 Å². The smallest absolute Gasteiger partial charge is 0.410 e. The van der Waals surface area contributed by atoms with Gasteiger partial charge in [-0.3, -0.25) is 4.79 Å². The molecule has 6 heteroatoms. The largest absolute Gasteiger partial charge is 0.447 e. The molecular formula is C27H39N3O3. The van der Waals surface area contributed by atoms with Crippen LogP contribution in [0.2, 0.25) is 0 Å². The van der Waals surface area contributed by atoms with E-state index in [4.69, 9.17) is 4.74 Å². The molecule has 1 aromatic carbocycles. The van der Waals surface area contributed by atoms with E-state index in [1.807, 2.05) is 24.8 Å². The van der Waals surface area contributed by atoms with Crippen molar-refractivity contribution in [1.29, 1.82) is 0 Å². The molecule has 1 aromatic rings. The van der Waals surface area contributed by atoms with E-state index in [2.05, 4.69) is 28.0 Å². The molecule has 0 aromatic heterocycles. The highest BCUT2D eigenvalue weighted by molar-refractivity contribution is 5.94. The van der Waals surface area contributed by atoms with Gasteiger partial charge in [0.15, 0.2) is 0 Å². The molecule has 5 rings (SSSR count). The standard InChI is InChI=1S/C27H39N3O3/c1-19(2)33-26(32)30-22-10-8-21(9-11-23(30)13-12-22)28-16-14-27(15-17-28)18-29(20(3)31)25-7-5-4-6-24(25)27/h4-7,19,21-23H,8-18H2,1-3H3. The van der Waals surface area contributed by atoms with Gasteiger partial charge in [0.25, 0.3) is 0 Å². The van der Waals surface area contributed by atoms with Crippen LogP contribution in [0, 0.1) is 0 Å². The van der Waals surface area contributed by atoms with Crippen LogP contribution >= 0.6 is 0 Å². The summed E-state index contributed by atoms with van der Waals surface area (Å²) in [5.74, 6) is 0.151. The number of likely N-dealkylation sites (tertiary alicyclic amines) is 1. The molecule has 1 spiro atoms. The van der Waals surface area contributed by atoms with Crippen molar-refractivity contribution in [3.05, 3.63) is 29.8 Å². The van der Waals surface area contributed by atoms with Crippen molar-refractivity contribution in [2.75, 3.05) is 24.5 Å². The van der Waals surface area contributed by atoms with Crippen molar-refractivity contribution in [3.8, 4) is 0 Å². The van der Waals surface area contributed by atoms with Crippen molar-refractivity contribution < 1.29 is 14.3 Å². The number of ether oxygens (including phenoxy) is 1. The normalized spacial score (nSPS) is 29.2. The summed E-state index contributed by atoms with van der Waals surface area (Å²) in [6.45, 7) is 8.58. The summed E-state index contributed by atoms with van der Waals surface area (Å²) in [4.78, 5) is 31.8. The topological polar surface area (TPSA) is 53.1 Å². The van der Waals surface area contributed by atoms with E-state index in [0.29, 0.717) is 18.1 Å². The zero-order valence-electron chi connectivity index (χ0n) is 20.5. The molecule has 0 radical (unpaired) electrons. The summed E-state index contributed by atoms with van der Waals surface area (Å²) in [6.07, 6.45) is 8.78. The number of nitrogens with zero attached hydrogens (tertiary/aromatic N) is 3. The Bertz CT molecular complexity index is 876. The lowest BCUT2D eigenvalue weighted by molar-refractivity contribution is -0.116. The van der Waals surface area contributed by atoms with Crippen LogP contribution in [-0.4, -0.2) is 65.7 Å². The van der Waals surface area contributed by atoms with Gasteiger partial charge >= 0.3 is 6.09 Å². The monoisotopic (exact) mass is 453 g/mol. The lowest BCUT2D eigenvalue weighted by Crippen LogP contribution is -2.51. The van der Waals surface area contributed by atoms with Crippen LogP contribution in [0.5, 0.6) is 0 Å². The maximum absolute atomic E-state index is 12.7. The first-order valence-corrected chi connectivity index (χ1v) is 13.0. The van der Waals surface area contributed by atoms with E-state index in [0.717, 1.165) is 76.7 Å². The van der Waals surface area contributed by atoms with Gasteiger partial charge in [0.05, 0.1) is 6.10 Å². The van der Waals surface area contributed by atoms with Crippen molar-refractivity contribution in [2.45, 2.75) is 102 Å². The number of benzene rings is 1. The van der Waals surface area contributed by atoms with Crippen molar-refractivity contribution in [1.82, 2.24) is 9.80 Å². The molecule has 2 amide bonds. The highest BCUT2D eigenvalue weighted by atomic mass is 16.6. The highest BCUT2D eigenvalue weighted by Crippen LogP contribution is 2.47. The van der Waals surface area contributed by atoms with E-state index in [9.17, 15) is 9.59 Å². The van der Waals surface area contributed by atoms with E-state index >= 15 is 0 Å². The quantitative estimate of drug-likeness (QED) is 0.651. The van der Waals surface area contributed by atoms with Gasteiger partial charge in [0.1, 0.15) is 0 Å². The average Bonchev–Trinajstić information content (AvgIpc) is 3.35. The van der Waals surface area contributed by atoms with Gasteiger partial charge in [0.2, 0.25) is 5.91 Å². The van der Waals surface area contributed by atoms with E-state index < -0.39 is 0 Å². The second-order valence-corrected chi connectivity index (χ2v) is 11.0. The summed E-state index contributed by atoms with van der Waals surface area (Å²) >= 11 is 0. The molecule has 6 nitrogen and oxygen atoms in total. The van der Waals surface area contributed by atoms with Gasteiger partial charge in [-0.15, -0.1) is 0 Å². The predicted octanol–water partition coefficient (Wildman–Crippen LogP) is 4.71. The van der Waals surface area contributed by atoms with Gasteiger partial charge in [-0.05, 0) is 89.9 Å². The molecule has 3 fully saturated rings. The van der Waals surface area contributed by atoms with Crippen LogP contribution in [0.1, 0.15) is 77.7 Å². The summed E-state index contributed by atoms with van der Waals surface area (Å²) in [5.41, 5.74) is 2.60. The second kappa shape index (κ2) is 8.94. The van der Waals surface area contributed by atoms with Gasteiger partial charge in [0, 0.05) is 42.7 Å². The Balaban J connectivity index is 1.23. The fourth-order valence-corrected chi connectivity index (χ4v) is 7.02. The average molecular weight is 454 g/mol. The molecule has 3 saturated heterocycles. The third-order valence-electron chi connectivity index (χ3n) is 8.71. The van der Waals surface area contributed by atoms with E-state index in [1.165, 1.54) is 5.56 Å². The molecule has 0 N–H and O–H groups in total. The second-order valence-electron chi connectivity index (χ2n) is 11.0. The lowest BCUT2D eigenvalue weighted by Gasteiger charge is -2.44. The number of piperidine rings is 1. The molecule has 180 valence electrons. The summed E-state index contributed by atoms with van der Waals surface area (Å²) in [7, 11) is 0. The molecular weight excluding hydrogens is 414 g/mol. The Kier molecular flexibility index (Phi) is 6.15. The van der Waals surface area contributed by atoms with Gasteiger partial charge in [-0.1, -0.05) is 18.2 Å². The third-order valence-corrected chi connectivity index (χ3v) is 8.71. The zero-order valence-corrected chi connectivity index (χ0v) is 20.5. The third kappa shape index (κ3) is 4.16. The number of rotatable bonds is 2. The molecule has 2 atom stereocenters. The number of amides is 2. The van der Waals surface area contributed by atoms with Crippen LogP contribution in [-0.2, 0) is 14.9 Å². The number of hydrogen-bond donors (Lipinski definition) is 0. The molecule has 0 aliphatic carbocycles. The first-order chi connectivity index (χ1) is 15.9. The van der Waals surface area contributed by atoms with Crippen molar-refractivity contribution in [2.24, 2.45) is 0 Å². The zero-order chi connectivity index (χ0) is 23.2. The molecule has 2 unspecified atom stereocenters. The number of anilines is 1. The molecule has 0 saturated carbocycles. The predicted molar refractivity (Wildman–Crippen MR) is 129 cm³/mol. The maximum atomic E-state index is 12.7. The highest BCUT2D eigenvalue weighted by Gasteiger charge is 2.47. The number of carbonyl (C=O) groups excluding carboxylic acids is 2. The van der Waals surface area contributed by atoms with Crippen LogP contribution in [0.15, 0.2) is 24.3 Å². The Morgan fingerprint density at radius 1 is 0.939 bits per heavy atom. The molecule has 4 aliphatic rings. The Morgan fingerprint density at radius 3 is 2.09 bits per heavy atom. The minimum absolute atomic E-state index is 0.0598. The van der Waals surface area contributed by atoms with Crippen molar-refractivity contribution in [3.63, 3.8) is 0 Å². The summed E-state index contributed by atoms with van der Waals surface area (Å²) in [6, 6.07) is 9.81. The first kappa shape index (κ1) is 22.7. The van der Waals surface area contributed by atoms with Crippen LogP contribution in [0.25, 0.3) is 0 Å². The van der Waals surface area contributed by atoms with Gasteiger partial charge < -0.3 is 19.4 Å². The van der Waals surface area contributed by atoms with Crippen LogP contribution in [0.4, 0.5) is 10.5 Å². The number of carbonyl (C=O) groups is 2. The van der Waals surface area contributed by atoms with Crippen LogP contribution < -0.4 is 4.90 Å². The molecule has 4 heterocycles. The Labute approximate surface area is 198 Å². The van der Waals surface area contributed by atoms with Gasteiger partial charge in [-0.2, -0.15) is 0 Å². The minimum atomic E-state index is -0.106. The Hall–Kier alpha value is -2.08. The van der Waals surface area contributed by atoms with Gasteiger partial charge in [-0.25, -0.2) is 4.79 Å².